The topological polar surface area (TPSA) is 62.3 Å². The predicted octanol–water partition coefficient (Wildman–Crippen LogP) is 3.62. The Morgan fingerprint density at radius 3 is 2.59 bits per heavy atom. The fraction of sp³-hybridized carbons (Fsp3) is 0.381. The molecule has 2 aliphatic rings. The fourth-order valence-electron chi connectivity index (χ4n) is 4.24. The van der Waals surface area contributed by atoms with Gasteiger partial charge < -0.3 is 10.2 Å². The zero-order valence-corrected chi connectivity index (χ0v) is 15.7. The number of hydrogen-bond donors (Lipinski definition) is 1. The number of carbonyl (C=O) groups is 2. The number of piperidine rings is 1. The van der Waals surface area contributed by atoms with Crippen LogP contribution in [0, 0.1) is 23.0 Å². The number of nitrogens with one attached hydrogen (secondary N) is 1. The minimum absolute atomic E-state index is 0.140. The molecule has 1 N–H and O–H groups in total. The van der Waals surface area contributed by atoms with Gasteiger partial charge in [0.2, 0.25) is 5.95 Å². The molecule has 5 nitrogen and oxygen atoms in total. The number of halogens is 3. The zero-order valence-electron chi connectivity index (χ0n) is 15.7. The molecule has 1 saturated heterocycles. The number of amides is 2. The molecule has 4 rings (SSSR count). The third-order valence-corrected chi connectivity index (χ3v) is 5.89. The number of Topliss-reactive ketones (excluding diaryl/α,β-unsaturated/α-hetero) is 1. The number of hydrogen-bond acceptors (Lipinski definition) is 3. The van der Waals surface area contributed by atoms with E-state index in [2.05, 4.69) is 10.3 Å². The molecule has 1 aromatic carbocycles. The van der Waals surface area contributed by atoms with E-state index in [-0.39, 0.29) is 35.9 Å². The summed E-state index contributed by atoms with van der Waals surface area (Å²) in [6, 6.07) is 4.46. The van der Waals surface area contributed by atoms with E-state index < -0.39 is 23.0 Å². The summed E-state index contributed by atoms with van der Waals surface area (Å²) in [5.41, 5.74) is 0.705. The maximum Gasteiger partial charge on any atom is 0.317 e. The van der Waals surface area contributed by atoms with Crippen LogP contribution in [0.4, 0.5) is 18.0 Å². The normalized spacial score (nSPS) is 17.9. The molecule has 0 bridgehead atoms. The second kappa shape index (κ2) is 7.50. The molecular formula is C21H20F3N3O2. The molecule has 8 heteroatoms. The van der Waals surface area contributed by atoms with Crippen LogP contribution in [-0.2, 0) is 13.0 Å². The lowest BCUT2D eigenvalue weighted by Gasteiger charge is -2.44. The van der Waals surface area contributed by atoms with Crippen LogP contribution < -0.4 is 5.32 Å². The molecule has 0 atom stereocenters. The second-order valence-corrected chi connectivity index (χ2v) is 7.83. The van der Waals surface area contributed by atoms with Crippen molar-refractivity contribution in [2.75, 3.05) is 13.1 Å². The number of pyridine rings is 1. The van der Waals surface area contributed by atoms with Crippen molar-refractivity contribution >= 4 is 11.8 Å². The van der Waals surface area contributed by atoms with Crippen molar-refractivity contribution in [2.24, 2.45) is 5.41 Å². The number of aromatic nitrogens is 1. The van der Waals surface area contributed by atoms with Crippen LogP contribution in [-0.4, -0.2) is 34.8 Å². The maximum atomic E-state index is 14.2. The number of likely N-dealkylation sites (tertiary alicyclic amines) is 1. The third kappa shape index (κ3) is 3.97. The zero-order chi connectivity index (χ0) is 20.6. The van der Waals surface area contributed by atoms with Crippen molar-refractivity contribution < 1.29 is 22.8 Å². The van der Waals surface area contributed by atoms with E-state index in [1.165, 1.54) is 12.3 Å². The van der Waals surface area contributed by atoms with Gasteiger partial charge in [0.1, 0.15) is 11.6 Å². The quantitative estimate of drug-likeness (QED) is 0.779. The average molecular weight is 403 g/mol. The summed E-state index contributed by atoms with van der Waals surface area (Å²) >= 11 is 0. The Morgan fingerprint density at radius 1 is 1.14 bits per heavy atom. The third-order valence-electron chi connectivity index (χ3n) is 5.89. The van der Waals surface area contributed by atoms with E-state index in [1.807, 2.05) is 0 Å². The molecule has 1 spiro atoms. The summed E-state index contributed by atoms with van der Waals surface area (Å²) < 4.78 is 40.5. The van der Waals surface area contributed by atoms with E-state index in [0.717, 1.165) is 12.1 Å². The molecule has 29 heavy (non-hydrogen) atoms. The number of rotatable bonds is 2. The first-order valence-electron chi connectivity index (χ1n) is 9.50. The number of nitrogens with zero attached hydrogens (tertiary/aromatic N) is 2. The van der Waals surface area contributed by atoms with Crippen LogP contribution in [0.1, 0.15) is 40.7 Å². The lowest BCUT2D eigenvalue weighted by atomic mass is 9.66. The number of benzene rings is 1. The van der Waals surface area contributed by atoms with E-state index in [0.29, 0.717) is 37.9 Å². The van der Waals surface area contributed by atoms with Gasteiger partial charge in [0.25, 0.3) is 0 Å². The Bertz CT molecular complexity index is 954. The highest BCUT2D eigenvalue weighted by Crippen LogP contribution is 2.44. The summed E-state index contributed by atoms with van der Waals surface area (Å²) in [5, 5.41) is 2.78. The van der Waals surface area contributed by atoms with Gasteiger partial charge in [-0.3, -0.25) is 4.79 Å². The molecule has 0 unspecified atom stereocenters. The Hall–Kier alpha value is -2.90. The number of ketones is 1. The molecule has 0 saturated carbocycles. The van der Waals surface area contributed by atoms with E-state index >= 15 is 0 Å². The maximum absolute atomic E-state index is 14.2. The Labute approximate surface area is 165 Å². The van der Waals surface area contributed by atoms with Gasteiger partial charge in [-0.25, -0.2) is 18.6 Å². The van der Waals surface area contributed by atoms with Gasteiger partial charge >= 0.3 is 6.03 Å². The Morgan fingerprint density at radius 2 is 1.90 bits per heavy atom. The molecule has 1 aromatic heterocycles. The largest absolute Gasteiger partial charge is 0.334 e. The fourth-order valence-corrected chi connectivity index (χ4v) is 4.24. The molecule has 1 aliphatic carbocycles. The molecule has 2 heterocycles. The van der Waals surface area contributed by atoms with Gasteiger partial charge in [0.15, 0.2) is 5.78 Å². The highest BCUT2D eigenvalue weighted by Gasteiger charge is 2.42. The highest BCUT2D eigenvalue weighted by atomic mass is 19.1. The van der Waals surface area contributed by atoms with E-state index in [9.17, 15) is 22.8 Å². The monoisotopic (exact) mass is 403 g/mol. The van der Waals surface area contributed by atoms with Crippen LogP contribution in [0.25, 0.3) is 0 Å². The van der Waals surface area contributed by atoms with Crippen LogP contribution in [0.2, 0.25) is 0 Å². The molecular weight excluding hydrogens is 383 g/mol. The van der Waals surface area contributed by atoms with Gasteiger partial charge in [-0.05, 0) is 47.9 Å². The summed E-state index contributed by atoms with van der Waals surface area (Å²) in [5.74, 6) is -2.25. The Kier molecular flexibility index (Phi) is 5.02. The van der Waals surface area contributed by atoms with Crippen LogP contribution in [0.3, 0.4) is 0 Å². The molecule has 1 fully saturated rings. The number of fused-ring (bicyclic) bond motifs is 1. The minimum atomic E-state index is -0.742. The summed E-state index contributed by atoms with van der Waals surface area (Å²) in [6.45, 7) is 1.12. The summed E-state index contributed by atoms with van der Waals surface area (Å²) in [4.78, 5) is 30.1. The average Bonchev–Trinajstić information content (AvgIpc) is 2.69. The van der Waals surface area contributed by atoms with Gasteiger partial charge in [-0.1, -0.05) is 6.07 Å². The first kappa shape index (κ1) is 19.4. The molecule has 152 valence electrons. The minimum Gasteiger partial charge on any atom is -0.334 e. The molecule has 1 aliphatic heterocycles. The van der Waals surface area contributed by atoms with Gasteiger partial charge in [-0.15, -0.1) is 0 Å². The first-order chi connectivity index (χ1) is 13.8. The molecule has 2 amide bonds. The molecule has 2 aromatic rings. The lowest BCUT2D eigenvalue weighted by molar-refractivity contribution is 0.0729. The predicted molar refractivity (Wildman–Crippen MR) is 98.7 cm³/mol. The molecule has 0 radical (unpaired) electrons. The van der Waals surface area contributed by atoms with Gasteiger partial charge in [0.05, 0.1) is 0 Å². The number of urea groups is 1. The summed E-state index contributed by atoms with van der Waals surface area (Å²) in [6.07, 6.45) is 3.11. The van der Waals surface area contributed by atoms with E-state index in [4.69, 9.17) is 0 Å². The van der Waals surface area contributed by atoms with Crippen LogP contribution >= 0.6 is 0 Å². The number of carbonyl (C=O) groups excluding carboxylic acids is 2. The second-order valence-electron chi connectivity index (χ2n) is 7.83. The van der Waals surface area contributed by atoms with Gasteiger partial charge in [-0.2, -0.15) is 4.39 Å². The highest BCUT2D eigenvalue weighted by molar-refractivity contribution is 5.99. The van der Waals surface area contributed by atoms with Crippen molar-refractivity contribution in [1.29, 1.82) is 0 Å². The van der Waals surface area contributed by atoms with Crippen LogP contribution in [0.5, 0.6) is 0 Å². The van der Waals surface area contributed by atoms with Crippen molar-refractivity contribution in [3.63, 3.8) is 0 Å². The smallest absolute Gasteiger partial charge is 0.317 e. The standard InChI is InChI=1S/C21H20F3N3O2/c22-14-7-15-16(17(23)8-14)9-21(10-18(15)28)3-5-27(6-4-21)20(29)26-12-13-1-2-19(24)25-11-13/h1-2,7-8,11H,3-6,9-10,12H2,(H,26,29). The van der Waals surface area contributed by atoms with Crippen LogP contribution in [0.15, 0.2) is 30.5 Å². The van der Waals surface area contributed by atoms with Crippen molar-refractivity contribution in [3.05, 3.63) is 64.7 Å². The SMILES string of the molecule is O=C1CC2(CCN(C(=O)NCc3ccc(F)nc3)CC2)Cc2c(F)cc(F)cc21. The van der Waals surface area contributed by atoms with Crippen molar-refractivity contribution in [2.45, 2.75) is 32.2 Å². The lowest BCUT2D eigenvalue weighted by Crippen LogP contribution is -2.49. The Balaban J connectivity index is 1.38. The summed E-state index contributed by atoms with van der Waals surface area (Å²) in [7, 11) is 0. The van der Waals surface area contributed by atoms with Gasteiger partial charge in [0, 0.05) is 43.9 Å². The first-order valence-corrected chi connectivity index (χ1v) is 9.50. The van der Waals surface area contributed by atoms with Crippen molar-refractivity contribution in [1.82, 2.24) is 15.2 Å². The van der Waals surface area contributed by atoms with Crippen molar-refractivity contribution in [3.8, 4) is 0 Å². The van der Waals surface area contributed by atoms with E-state index in [1.54, 1.807) is 11.0 Å².